The summed E-state index contributed by atoms with van der Waals surface area (Å²) >= 11 is 0. The first-order valence-corrected chi connectivity index (χ1v) is 7.29. The Bertz CT molecular complexity index is 519. The molecule has 0 N–H and O–H groups in total. The molecule has 1 amide bonds. The van der Waals surface area contributed by atoms with Crippen LogP contribution in [0, 0.1) is 5.92 Å². The molecule has 2 fully saturated rings. The number of anilines is 1. The Labute approximate surface area is 118 Å². The Balaban J connectivity index is 1.90. The van der Waals surface area contributed by atoms with Crippen molar-refractivity contribution in [2.45, 2.75) is 38.6 Å². The average molecular weight is 273 g/mol. The maximum Gasteiger partial charge on any atom is 0.329 e. The molecule has 1 aliphatic carbocycles. The van der Waals surface area contributed by atoms with E-state index in [1.54, 1.807) is 4.90 Å². The SMILES string of the molecule is CCc1ccc(N(C(=O)C2CC2)C2CCOC2=O)cc1. The van der Waals surface area contributed by atoms with Gasteiger partial charge in [-0.05, 0) is 37.0 Å². The van der Waals surface area contributed by atoms with Crippen molar-refractivity contribution >= 4 is 17.6 Å². The molecule has 1 atom stereocenters. The Kier molecular flexibility index (Phi) is 3.47. The second-order valence-electron chi connectivity index (χ2n) is 5.47. The standard InChI is InChI=1S/C16H19NO3/c1-2-11-3-7-13(8-4-11)17(15(18)12-5-6-12)14-9-10-20-16(14)19/h3-4,7-8,12,14H,2,5-6,9-10H2,1H3. The van der Waals surface area contributed by atoms with Crippen LogP contribution in [0.25, 0.3) is 0 Å². The van der Waals surface area contributed by atoms with Crippen molar-refractivity contribution in [1.82, 2.24) is 0 Å². The van der Waals surface area contributed by atoms with Crippen molar-refractivity contribution in [3.63, 3.8) is 0 Å². The summed E-state index contributed by atoms with van der Waals surface area (Å²) in [6.45, 7) is 2.50. The average Bonchev–Trinajstić information content (AvgIpc) is 3.24. The molecular formula is C16H19NO3. The highest BCUT2D eigenvalue weighted by Gasteiger charge is 2.41. The van der Waals surface area contributed by atoms with E-state index >= 15 is 0 Å². The molecule has 1 aromatic carbocycles. The van der Waals surface area contributed by atoms with Crippen LogP contribution in [0.1, 0.15) is 31.7 Å². The van der Waals surface area contributed by atoms with Crippen molar-refractivity contribution in [1.29, 1.82) is 0 Å². The number of ether oxygens (including phenoxy) is 1. The molecule has 106 valence electrons. The predicted molar refractivity (Wildman–Crippen MR) is 75.4 cm³/mol. The molecule has 0 radical (unpaired) electrons. The topological polar surface area (TPSA) is 46.6 Å². The van der Waals surface area contributed by atoms with Crippen molar-refractivity contribution in [2.24, 2.45) is 5.92 Å². The smallest absolute Gasteiger partial charge is 0.329 e. The van der Waals surface area contributed by atoms with Crippen LogP contribution < -0.4 is 4.90 Å². The number of rotatable bonds is 4. The highest BCUT2D eigenvalue weighted by atomic mass is 16.5. The number of cyclic esters (lactones) is 1. The molecule has 3 rings (SSSR count). The van der Waals surface area contributed by atoms with Gasteiger partial charge in [-0.25, -0.2) is 4.79 Å². The summed E-state index contributed by atoms with van der Waals surface area (Å²) in [4.78, 5) is 26.0. The fourth-order valence-electron chi connectivity index (χ4n) is 2.60. The van der Waals surface area contributed by atoms with Crippen LogP contribution in [-0.4, -0.2) is 24.5 Å². The quantitative estimate of drug-likeness (QED) is 0.791. The number of carbonyl (C=O) groups excluding carboxylic acids is 2. The first-order valence-electron chi connectivity index (χ1n) is 7.29. The van der Waals surface area contributed by atoms with Crippen LogP contribution in [-0.2, 0) is 20.7 Å². The minimum absolute atomic E-state index is 0.0677. The molecule has 2 aliphatic rings. The van der Waals surface area contributed by atoms with Gasteiger partial charge in [0.15, 0.2) is 0 Å². The molecule has 0 spiro atoms. The summed E-state index contributed by atoms with van der Waals surface area (Å²) in [5, 5.41) is 0. The fraction of sp³-hybridized carbons (Fsp3) is 0.500. The molecule has 0 aromatic heterocycles. The van der Waals surface area contributed by atoms with Gasteiger partial charge < -0.3 is 4.74 Å². The van der Waals surface area contributed by atoms with Gasteiger partial charge in [0, 0.05) is 18.0 Å². The third-order valence-electron chi connectivity index (χ3n) is 4.01. The van der Waals surface area contributed by atoms with Gasteiger partial charge in [-0.15, -0.1) is 0 Å². The number of nitrogens with zero attached hydrogens (tertiary/aromatic N) is 1. The number of hydrogen-bond donors (Lipinski definition) is 0. The third-order valence-corrected chi connectivity index (χ3v) is 4.01. The number of benzene rings is 1. The summed E-state index contributed by atoms with van der Waals surface area (Å²) in [6, 6.07) is 7.46. The molecular weight excluding hydrogens is 254 g/mol. The summed E-state index contributed by atoms with van der Waals surface area (Å²) in [6.07, 6.45) is 3.42. The van der Waals surface area contributed by atoms with Crippen LogP contribution in [0.2, 0.25) is 0 Å². The van der Waals surface area contributed by atoms with Crippen LogP contribution in [0.5, 0.6) is 0 Å². The van der Waals surface area contributed by atoms with E-state index in [-0.39, 0.29) is 17.8 Å². The minimum Gasteiger partial charge on any atom is -0.464 e. The van der Waals surface area contributed by atoms with Crippen LogP contribution in [0.4, 0.5) is 5.69 Å². The monoisotopic (exact) mass is 273 g/mol. The van der Waals surface area contributed by atoms with Gasteiger partial charge in [0.1, 0.15) is 6.04 Å². The van der Waals surface area contributed by atoms with E-state index in [1.165, 1.54) is 5.56 Å². The fourth-order valence-corrected chi connectivity index (χ4v) is 2.60. The lowest BCUT2D eigenvalue weighted by Crippen LogP contribution is -2.44. The maximum absolute atomic E-state index is 12.5. The molecule has 1 saturated heterocycles. The molecule has 20 heavy (non-hydrogen) atoms. The first kappa shape index (κ1) is 13.2. The van der Waals surface area contributed by atoms with E-state index in [0.717, 1.165) is 24.9 Å². The zero-order valence-electron chi connectivity index (χ0n) is 11.7. The lowest BCUT2D eigenvalue weighted by atomic mass is 10.1. The van der Waals surface area contributed by atoms with Gasteiger partial charge in [0.25, 0.3) is 0 Å². The molecule has 1 aliphatic heterocycles. The van der Waals surface area contributed by atoms with Gasteiger partial charge in [-0.3, -0.25) is 9.69 Å². The second kappa shape index (κ2) is 5.27. The van der Waals surface area contributed by atoms with E-state index in [4.69, 9.17) is 4.74 Å². The zero-order valence-corrected chi connectivity index (χ0v) is 11.7. The summed E-state index contributed by atoms with van der Waals surface area (Å²) in [5.74, 6) is -0.120. The number of hydrogen-bond acceptors (Lipinski definition) is 3. The van der Waals surface area contributed by atoms with E-state index in [9.17, 15) is 9.59 Å². The van der Waals surface area contributed by atoms with E-state index in [0.29, 0.717) is 13.0 Å². The van der Waals surface area contributed by atoms with Gasteiger partial charge in [0.05, 0.1) is 6.61 Å². The Morgan fingerprint density at radius 3 is 2.45 bits per heavy atom. The second-order valence-corrected chi connectivity index (χ2v) is 5.47. The lowest BCUT2D eigenvalue weighted by Gasteiger charge is -2.26. The van der Waals surface area contributed by atoms with Crippen molar-refractivity contribution < 1.29 is 14.3 Å². The molecule has 1 saturated carbocycles. The zero-order chi connectivity index (χ0) is 14.1. The van der Waals surface area contributed by atoms with Crippen molar-refractivity contribution in [2.75, 3.05) is 11.5 Å². The third kappa shape index (κ3) is 2.42. The van der Waals surface area contributed by atoms with Crippen molar-refractivity contribution in [3.05, 3.63) is 29.8 Å². The van der Waals surface area contributed by atoms with E-state index in [2.05, 4.69) is 6.92 Å². The first-order chi connectivity index (χ1) is 9.70. The highest BCUT2D eigenvalue weighted by molar-refractivity contribution is 6.02. The Morgan fingerprint density at radius 2 is 1.95 bits per heavy atom. The van der Waals surface area contributed by atoms with Crippen LogP contribution in [0.3, 0.4) is 0 Å². The van der Waals surface area contributed by atoms with E-state index in [1.807, 2.05) is 24.3 Å². The van der Waals surface area contributed by atoms with Gasteiger partial charge in [-0.1, -0.05) is 19.1 Å². The molecule has 1 heterocycles. The molecule has 1 unspecified atom stereocenters. The summed E-state index contributed by atoms with van der Waals surface area (Å²) in [7, 11) is 0. The predicted octanol–water partition coefficient (Wildman–Crippen LogP) is 2.31. The van der Waals surface area contributed by atoms with Gasteiger partial charge in [-0.2, -0.15) is 0 Å². The number of aryl methyl sites for hydroxylation is 1. The molecule has 4 nitrogen and oxygen atoms in total. The van der Waals surface area contributed by atoms with Gasteiger partial charge in [0.2, 0.25) is 5.91 Å². The normalized spacial score (nSPS) is 21.6. The number of esters is 1. The number of amides is 1. The van der Waals surface area contributed by atoms with Crippen molar-refractivity contribution in [3.8, 4) is 0 Å². The lowest BCUT2D eigenvalue weighted by molar-refractivity contribution is -0.140. The molecule has 0 bridgehead atoms. The van der Waals surface area contributed by atoms with Gasteiger partial charge >= 0.3 is 5.97 Å². The highest BCUT2D eigenvalue weighted by Crippen LogP contribution is 2.35. The maximum atomic E-state index is 12.5. The van der Waals surface area contributed by atoms with Crippen LogP contribution >= 0.6 is 0 Å². The molecule has 4 heteroatoms. The molecule has 1 aromatic rings. The number of carbonyl (C=O) groups is 2. The minimum atomic E-state index is -0.449. The van der Waals surface area contributed by atoms with Crippen LogP contribution in [0.15, 0.2) is 24.3 Å². The summed E-state index contributed by atoms with van der Waals surface area (Å²) in [5.41, 5.74) is 2.03. The Hall–Kier alpha value is -1.84. The Morgan fingerprint density at radius 1 is 1.25 bits per heavy atom. The van der Waals surface area contributed by atoms with E-state index < -0.39 is 6.04 Å². The largest absolute Gasteiger partial charge is 0.464 e. The summed E-state index contributed by atoms with van der Waals surface area (Å²) < 4.78 is 5.03.